The molecule has 0 unspecified atom stereocenters. The van der Waals surface area contributed by atoms with Gasteiger partial charge >= 0.3 is 0 Å². The van der Waals surface area contributed by atoms with Gasteiger partial charge in [0.15, 0.2) is 11.0 Å². The molecule has 1 aromatic carbocycles. The third kappa shape index (κ3) is 5.12. The summed E-state index contributed by atoms with van der Waals surface area (Å²) in [5.41, 5.74) is 0. The Kier molecular flexibility index (Phi) is 6.42. The first-order valence-corrected chi connectivity index (χ1v) is 11.6. The fourth-order valence-corrected chi connectivity index (χ4v) is 4.58. The highest BCUT2D eigenvalue weighted by Crippen LogP contribution is 2.41. The van der Waals surface area contributed by atoms with Crippen LogP contribution in [-0.2, 0) is 4.79 Å². The van der Waals surface area contributed by atoms with Crippen LogP contribution in [0.4, 0.5) is 0 Å². The van der Waals surface area contributed by atoms with Crippen molar-refractivity contribution in [1.82, 2.24) is 19.7 Å². The highest BCUT2D eigenvalue weighted by Gasteiger charge is 2.30. The molecule has 0 radical (unpaired) electrons. The number of ether oxygens (including phenoxy) is 1. The molecule has 0 atom stereocenters. The van der Waals surface area contributed by atoms with Gasteiger partial charge in [0.2, 0.25) is 5.91 Å². The summed E-state index contributed by atoms with van der Waals surface area (Å²) in [6.45, 7) is 0.938. The Morgan fingerprint density at radius 1 is 1.31 bits per heavy atom. The van der Waals surface area contributed by atoms with E-state index in [1.807, 2.05) is 23.6 Å². The van der Waals surface area contributed by atoms with E-state index in [1.165, 1.54) is 11.8 Å². The van der Waals surface area contributed by atoms with Crippen LogP contribution in [0, 0.1) is 0 Å². The number of amides is 1. The predicted molar refractivity (Wildman–Crippen MR) is 117 cm³/mol. The predicted octanol–water partition coefficient (Wildman–Crippen LogP) is 4.62. The maximum absolute atomic E-state index is 12.5. The van der Waals surface area contributed by atoms with Gasteiger partial charge in [-0.2, -0.15) is 0 Å². The van der Waals surface area contributed by atoms with Gasteiger partial charge in [0, 0.05) is 18.1 Å². The van der Waals surface area contributed by atoms with Crippen molar-refractivity contribution in [2.24, 2.45) is 0 Å². The molecule has 1 aliphatic carbocycles. The van der Waals surface area contributed by atoms with E-state index in [4.69, 9.17) is 16.3 Å². The molecule has 0 N–H and O–H groups in total. The lowest BCUT2D eigenvalue weighted by molar-refractivity contribution is -0.127. The van der Waals surface area contributed by atoms with Gasteiger partial charge in [0.1, 0.15) is 12.4 Å². The molecule has 3 aromatic rings. The summed E-state index contributed by atoms with van der Waals surface area (Å²) in [7, 11) is 1.79. The van der Waals surface area contributed by atoms with Crippen molar-refractivity contribution in [3.05, 3.63) is 46.8 Å². The van der Waals surface area contributed by atoms with E-state index < -0.39 is 0 Å². The third-order valence-electron chi connectivity index (χ3n) is 4.58. The number of aromatic nitrogens is 3. The quantitative estimate of drug-likeness (QED) is 0.447. The zero-order chi connectivity index (χ0) is 20.2. The molecule has 1 fully saturated rings. The summed E-state index contributed by atoms with van der Waals surface area (Å²) < 4.78 is 7.85. The first-order chi connectivity index (χ1) is 14.1. The lowest BCUT2D eigenvalue weighted by Crippen LogP contribution is -2.32. The van der Waals surface area contributed by atoms with E-state index in [0.717, 1.165) is 34.4 Å². The van der Waals surface area contributed by atoms with Crippen molar-refractivity contribution in [2.45, 2.75) is 24.0 Å². The van der Waals surface area contributed by atoms with Crippen molar-refractivity contribution in [3.63, 3.8) is 0 Å². The molecule has 0 bridgehead atoms. The van der Waals surface area contributed by atoms with Gasteiger partial charge in [-0.05, 0) is 48.6 Å². The number of carbonyl (C=O) groups excluding carboxylic acids is 1. The van der Waals surface area contributed by atoms with E-state index in [2.05, 4.69) is 20.8 Å². The Bertz CT molecular complexity index is 956. The van der Waals surface area contributed by atoms with Gasteiger partial charge in [-0.1, -0.05) is 29.4 Å². The van der Waals surface area contributed by atoms with Crippen LogP contribution in [0.5, 0.6) is 5.75 Å². The number of likely N-dealkylation sites (N-methyl/N-ethyl adjacent to an activating group) is 1. The average molecular weight is 449 g/mol. The topological polar surface area (TPSA) is 60.2 Å². The van der Waals surface area contributed by atoms with Crippen LogP contribution in [-0.4, -0.2) is 51.5 Å². The highest BCUT2D eigenvalue weighted by atomic mass is 35.5. The third-order valence-corrected chi connectivity index (χ3v) is 6.62. The maximum Gasteiger partial charge on any atom is 0.232 e. The maximum atomic E-state index is 12.5. The van der Waals surface area contributed by atoms with Gasteiger partial charge in [-0.15, -0.1) is 21.5 Å². The number of thioether (sulfide) groups is 1. The summed E-state index contributed by atoms with van der Waals surface area (Å²) in [6, 6.07) is 11.7. The van der Waals surface area contributed by atoms with Crippen molar-refractivity contribution in [1.29, 1.82) is 0 Å². The van der Waals surface area contributed by atoms with Gasteiger partial charge in [0.05, 0.1) is 17.2 Å². The fourth-order valence-electron chi connectivity index (χ4n) is 2.80. The SMILES string of the molecule is CN(CCOc1ccc(Cl)cc1)C(=O)CSc1nnc(-c2cccs2)n1C1CC1. The Balaban J connectivity index is 1.29. The minimum Gasteiger partial charge on any atom is -0.492 e. The van der Waals surface area contributed by atoms with Crippen LogP contribution < -0.4 is 4.74 Å². The molecule has 6 nitrogen and oxygen atoms in total. The zero-order valence-electron chi connectivity index (χ0n) is 16.0. The molecule has 1 amide bonds. The lowest BCUT2D eigenvalue weighted by atomic mass is 10.3. The van der Waals surface area contributed by atoms with Gasteiger partial charge < -0.3 is 9.64 Å². The van der Waals surface area contributed by atoms with E-state index in [-0.39, 0.29) is 5.91 Å². The highest BCUT2D eigenvalue weighted by molar-refractivity contribution is 7.99. The number of halogens is 1. The van der Waals surface area contributed by atoms with Gasteiger partial charge in [-0.3, -0.25) is 9.36 Å². The monoisotopic (exact) mass is 448 g/mol. The molecule has 0 aliphatic heterocycles. The van der Waals surface area contributed by atoms with Crippen molar-refractivity contribution in [2.75, 3.05) is 26.0 Å². The molecule has 2 aromatic heterocycles. The zero-order valence-corrected chi connectivity index (χ0v) is 18.3. The molecule has 0 spiro atoms. The van der Waals surface area contributed by atoms with Crippen molar-refractivity contribution >= 4 is 40.6 Å². The number of hydrogen-bond acceptors (Lipinski definition) is 6. The van der Waals surface area contributed by atoms with E-state index in [1.54, 1.807) is 35.4 Å². The van der Waals surface area contributed by atoms with Gasteiger partial charge in [-0.25, -0.2) is 0 Å². The number of hydrogen-bond donors (Lipinski definition) is 0. The molecule has 1 aliphatic rings. The molecule has 2 heterocycles. The second-order valence-corrected chi connectivity index (χ2v) is 9.12. The van der Waals surface area contributed by atoms with Gasteiger partial charge in [0.25, 0.3) is 0 Å². The van der Waals surface area contributed by atoms with Crippen molar-refractivity contribution in [3.8, 4) is 16.5 Å². The number of rotatable bonds is 9. The molecule has 1 saturated carbocycles. The van der Waals surface area contributed by atoms with Crippen LogP contribution in [0.2, 0.25) is 5.02 Å². The molecular weight excluding hydrogens is 428 g/mol. The summed E-state index contributed by atoms with van der Waals surface area (Å²) in [5, 5.41) is 12.3. The van der Waals surface area contributed by atoms with Crippen LogP contribution in [0.25, 0.3) is 10.7 Å². The Morgan fingerprint density at radius 3 is 2.79 bits per heavy atom. The Morgan fingerprint density at radius 2 is 2.10 bits per heavy atom. The number of benzene rings is 1. The second-order valence-electron chi connectivity index (χ2n) is 6.79. The molecular formula is C20H21ClN4O2S2. The average Bonchev–Trinajstić information content (AvgIpc) is 3.24. The Labute approximate surface area is 182 Å². The largest absolute Gasteiger partial charge is 0.492 e. The normalized spacial score (nSPS) is 13.4. The van der Waals surface area contributed by atoms with E-state index >= 15 is 0 Å². The lowest BCUT2D eigenvalue weighted by Gasteiger charge is -2.17. The molecule has 152 valence electrons. The summed E-state index contributed by atoms with van der Waals surface area (Å²) in [5.74, 6) is 2.01. The summed E-state index contributed by atoms with van der Waals surface area (Å²) >= 11 is 8.97. The van der Waals surface area contributed by atoms with Crippen LogP contribution in [0.3, 0.4) is 0 Å². The van der Waals surface area contributed by atoms with Crippen LogP contribution >= 0.6 is 34.7 Å². The summed E-state index contributed by atoms with van der Waals surface area (Å²) in [4.78, 5) is 15.3. The summed E-state index contributed by atoms with van der Waals surface area (Å²) in [6.07, 6.45) is 2.28. The number of thiophene rings is 1. The Hall–Kier alpha value is -2.03. The first-order valence-electron chi connectivity index (χ1n) is 9.35. The fraction of sp³-hybridized carbons (Fsp3) is 0.350. The smallest absolute Gasteiger partial charge is 0.232 e. The van der Waals surface area contributed by atoms with Crippen LogP contribution in [0.15, 0.2) is 46.9 Å². The van der Waals surface area contributed by atoms with E-state index in [0.29, 0.717) is 30.0 Å². The van der Waals surface area contributed by atoms with Crippen molar-refractivity contribution < 1.29 is 9.53 Å². The van der Waals surface area contributed by atoms with E-state index in [9.17, 15) is 4.79 Å². The molecule has 4 rings (SSSR count). The number of nitrogens with zero attached hydrogens (tertiary/aromatic N) is 4. The number of carbonyl (C=O) groups is 1. The minimum atomic E-state index is 0.0396. The molecule has 9 heteroatoms. The standard InChI is InChI=1S/C20H21ClN4O2S2/c1-24(10-11-27-16-8-4-14(21)5-9-16)18(26)13-29-20-23-22-19(17-3-2-12-28-17)25(20)15-6-7-15/h2-5,8-9,12,15H,6-7,10-11,13H2,1H3. The molecule has 29 heavy (non-hydrogen) atoms. The molecule has 0 saturated heterocycles. The first kappa shape index (κ1) is 20.3. The second kappa shape index (κ2) is 9.19. The minimum absolute atomic E-state index is 0.0396. The van der Waals surface area contributed by atoms with Crippen LogP contribution in [0.1, 0.15) is 18.9 Å².